The number of hydrogen-bond acceptors (Lipinski definition) is 2. The van der Waals surface area contributed by atoms with Crippen molar-refractivity contribution in [2.45, 2.75) is 44.8 Å². The minimum Gasteiger partial charge on any atom is -0.340 e. The number of carbonyl (C=O) groups is 1. The van der Waals surface area contributed by atoms with E-state index in [4.69, 9.17) is 0 Å². The van der Waals surface area contributed by atoms with E-state index in [1.165, 1.54) is 0 Å². The van der Waals surface area contributed by atoms with Gasteiger partial charge < -0.3 is 10.2 Å². The smallest absolute Gasteiger partial charge is 0.340 e. The molecule has 0 aromatic rings. The van der Waals surface area contributed by atoms with Gasteiger partial charge >= 0.3 is 6.18 Å². The molecule has 0 radical (unpaired) electrons. The Morgan fingerprint density at radius 1 is 1.26 bits per heavy atom. The molecule has 2 unspecified atom stereocenters. The van der Waals surface area contributed by atoms with Crippen LogP contribution in [0.5, 0.6) is 0 Å². The van der Waals surface area contributed by atoms with Crippen molar-refractivity contribution >= 4 is 5.91 Å². The molecule has 110 valence electrons. The van der Waals surface area contributed by atoms with Crippen LogP contribution in [0.15, 0.2) is 0 Å². The van der Waals surface area contributed by atoms with Gasteiger partial charge in [0.2, 0.25) is 5.91 Å². The molecule has 0 spiro atoms. The normalized spacial score (nSPS) is 33.3. The molecule has 1 N–H and O–H groups in total. The maximum Gasteiger partial charge on any atom is 0.392 e. The summed E-state index contributed by atoms with van der Waals surface area (Å²) in [6, 6.07) is 0.158. The molecule has 3 nitrogen and oxygen atoms in total. The number of carbonyl (C=O) groups excluding carboxylic acids is 1. The van der Waals surface area contributed by atoms with Crippen molar-refractivity contribution in [3.05, 3.63) is 0 Å². The third-order valence-electron chi connectivity index (χ3n) is 4.18. The van der Waals surface area contributed by atoms with Crippen LogP contribution in [-0.4, -0.2) is 42.7 Å². The quantitative estimate of drug-likeness (QED) is 0.797. The van der Waals surface area contributed by atoms with Crippen LogP contribution in [0.2, 0.25) is 0 Å². The molecular weight excluding hydrogens is 257 g/mol. The minimum absolute atomic E-state index is 0.0988. The summed E-state index contributed by atoms with van der Waals surface area (Å²) in [7, 11) is 0. The monoisotopic (exact) mass is 278 g/mol. The Morgan fingerprint density at radius 3 is 2.58 bits per heavy atom. The van der Waals surface area contributed by atoms with Crippen LogP contribution < -0.4 is 5.32 Å². The van der Waals surface area contributed by atoms with Crippen LogP contribution in [0.4, 0.5) is 13.2 Å². The highest BCUT2D eigenvalue weighted by atomic mass is 19.4. The minimum atomic E-state index is -4.25. The van der Waals surface area contributed by atoms with Gasteiger partial charge in [0, 0.05) is 31.6 Å². The molecule has 1 saturated carbocycles. The zero-order chi connectivity index (χ0) is 14.0. The van der Waals surface area contributed by atoms with Crippen LogP contribution in [0.3, 0.4) is 0 Å². The van der Waals surface area contributed by atoms with Gasteiger partial charge in [0.1, 0.15) is 0 Å². The third-order valence-corrected chi connectivity index (χ3v) is 4.18. The van der Waals surface area contributed by atoms with E-state index in [1.807, 2.05) is 6.92 Å². The lowest BCUT2D eigenvalue weighted by Crippen LogP contribution is -2.54. The van der Waals surface area contributed by atoms with Crippen LogP contribution in [0.1, 0.15) is 32.6 Å². The third kappa shape index (κ3) is 3.41. The number of alkyl halides is 3. The Morgan fingerprint density at radius 2 is 1.95 bits per heavy atom. The van der Waals surface area contributed by atoms with Crippen molar-refractivity contribution in [2.24, 2.45) is 11.8 Å². The molecule has 1 aliphatic heterocycles. The lowest BCUT2D eigenvalue weighted by Gasteiger charge is -2.38. The summed E-state index contributed by atoms with van der Waals surface area (Å²) < 4.78 is 39.0. The van der Waals surface area contributed by atoms with E-state index in [0.717, 1.165) is 6.42 Å². The van der Waals surface area contributed by atoms with Crippen molar-refractivity contribution in [1.29, 1.82) is 0 Å². The van der Waals surface area contributed by atoms with Crippen molar-refractivity contribution in [3.8, 4) is 0 Å². The molecule has 1 saturated heterocycles. The predicted molar refractivity (Wildman–Crippen MR) is 65.5 cm³/mol. The average Bonchev–Trinajstić information content (AvgIpc) is 2.37. The fraction of sp³-hybridized carbons (Fsp3) is 0.923. The zero-order valence-corrected chi connectivity index (χ0v) is 11.2. The second kappa shape index (κ2) is 5.69. The Balaban J connectivity index is 2.07. The first-order chi connectivity index (χ1) is 8.89. The average molecular weight is 278 g/mol. The van der Waals surface area contributed by atoms with E-state index in [0.29, 0.717) is 32.5 Å². The number of nitrogens with zero attached hydrogens (tertiary/aromatic N) is 1. The van der Waals surface area contributed by atoms with Gasteiger partial charge in [-0.25, -0.2) is 0 Å². The first-order valence-electron chi connectivity index (χ1n) is 6.98. The number of rotatable bonds is 1. The topological polar surface area (TPSA) is 32.3 Å². The van der Waals surface area contributed by atoms with Crippen LogP contribution in [-0.2, 0) is 4.79 Å². The predicted octanol–water partition coefficient (Wildman–Crippen LogP) is 2.18. The highest BCUT2D eigenvalue weighted by Gasteiger charge is 2.49. The molecule has 2 aliphatic rings. The van der Waals surface area contributed by atoms with Crippen LogP contribution in [0, 0.1) is 11.8 Å². The van der Waals surface area contributed by atoms with E-state index in [1.54, 1.807) is 4.90 Å². The van der Waals surface area contributed by atoms with E-state index in [-0.39, 0.29) is 18.4 Å². The fourth-order valence-corrected chi connectivity index (χ4v) is 3.19. The number of piperazine rings is 1. The zero-order valence-electron chi connectivity index (χ0n) is 11.2. The first kappa shape index (κ1) is 14.6. The van der Waals surface area contributed by atoms with Gasteiger partial charge in [-0.05, 0) is 19.8 Å². The maximum absolute atomic E-state index is 13.0. The van der Waals surface area contributed by atoms with Gasteiger partial charge in [-0.1, -0.05) is 12.8 Å². The fourth-order valence-electron chi connectivity index (χ4n) is 3.19. The summed E-state index contributed by atoms with van der Waals surface area (Å²) in [5.74, 6) is -2.60. The van der Waals surface area contributed by atoms with Gasteiger partial charge in [0.05, 0.1) is 5.92 Å². The number of hydrogen-bond donors (Lipinski definition) is 1. The molecule has 6 heteroatoms. The summed E-state index contributed by atoms with van der Waals surface area (Å²) in [5, 5.41) is 3.20. The Kier molecular flexibility index (Phi) is 4.38. The van der Waals surface area contributed by atoms with Gasteiger partial charge in [-0.3, -0.25) is 4.79 Å². The summed E-state index contributed by atoms with van der Waals surface area (Å²) in [6.45, 7) is 3.64. The summed E-state index contributed by atoms with van der Waals surface area (Å²) in [5.41, 5.74) is 0. The standard InChI is InChI=1S/C13H21F3N2O/c1-9-8-18(7-6-17-9)12(19)10-4-2-3-5-11(10)13(14,15)16/h9-11,17H,2-8H2,1H3/t9-,10?,11?/m0/s1. The molecule has 1 aliphatic carbocycles. The lowest BCUT2D eigenvalue weighted by atomic mass is 9.78. The molecule has 19 heavy (non-hydrogen) atoms. The maximum atomic E-state index is 13.0. The van der Waals surface area contributed by atoms with Crippen molar-refractivity contribution < 1.29 is 18.0 Å². The Bertz CT molecular complexity index is 332. The van der Waals surface area contributed by atoms with Crippen LogP contribution >= 0.6 is 0 Å². The molecule has 2 rings (SSSR count). The highest BCUT2D eigenvalue weighted by Crippen LogP contribution is 2.42. The lowest BCUT2D eigenvalue weighted by molar-refractivity contribution is -0.201. The number of nitrogens with one attached hydrogen (secondary N) is 1. The number of amides is 1. The van der Waals surface area contributed by atoms with Gasteiger partial charge in [-0.15, -0.1) is 0 Å². The molecule has 1 heterocycles. The second-order valence-electron chi connectivity index (χ2n) is 5.68. The van der Waals surface area contributed by atoms with Crippen molar-refractivity contribution in [1.82, 2.24) is 10.2 Å². The Hall–Kier alpha value is -0.780. The highest BCUT2D eigenvalue weighted by molar-refractivity contribution is 5.79. The second-order valence-corrected chi connectivity index (χ2v) is 5.68. The summed E-state index contributed by atoms with van der Waals surface area (Å²) in [4.78, 5) is 14.0. The molecule has 0 aromatic heterocycles. The summed E-state index contributed by atoms with van der Waals surface area (Å²) in [6.07, 6.45) is -2.47. The molecule has 0 bridgehead atoms. The van der Waals surface area contributed by atoms with E-state index >= 15 is 0 Å². The van der Waals surface area contributed by atoms with Crippen LogP contribution in [0.25, 0.3) is 0 Å². The molecule has 0 aromatic carbocycles. The van der Waals surface area contributed by atoms with Gasteiger partial charge in [0.15, 0.2) is 0 Å². The SMILES string of the molecule is C[C@H]1CN(C(=O)C2CCCCC2C(F)(F)F)CCN1. The van der Waals surface area contributed by atoms with Crippen molar-refractivity contribution in [2.75, 3.05) is 19.6 Å². The molecule has 1 amide bonds. The van der Waals surface area contributed by atoms with Gasteiger partial charge in [-0.2, -0.15) is 13.2 Å². The van der Waals surface area contributed by atoms with Crippen molar-refractivity contribution in [3.63, 3.8) is 0 Å². The molecule has 2 fully saturated rings. The van der Waals surface area contributed by atoms with Gasteiger partial charge in [0.25, 0.3) is 0 Å². The molecule has 3 atom stereocenters. The molecular formula is C13H21F3N2O. The van der Waals surface area contributed by atoms with E-state index in [9.17, 15) is 18.0 Å². The van der Waals surface area contributed by atoms with E-state index in [2.05, 4.69) is 5.32 Å². The summed E-state index contributed by atoms with van der Waals surface area (Å²) >= 11 is 0. The Labute approximate surface area is 111 Å². The largest absolute Gasteiger partial charge is 0.392 e. The first-order valence-corrected chi connectivity index (χ1v) is 6.98. The van der Waals surface area contributed by atoms with E-state index < -0.39 is 18.0 Å². The number of halogens is 3.